The van der Waals surface area contributed by atoms with Crippen LogP contribution in [0.3, 0.4) is 0 Å². The first kappa shape index (κ1) is 18.2. The highest BCUT2D eigenvalue weighted by atomic mass is 19.1. The van der Waals surface area contributed by atoms with Crippen molar-refractivity contribution in [2.75, 3.05) is 0 Å². The van der Waals surface area contributed by atoms with Gasteiger partial charge in [-0.3, -0.25) is 4.90 Å². The Hall–Kier alpha value is -3.13. The molecule has 4 nitrogen and oxygen atoms in total. The predicted octanol–water partition coefficient (Wildman–Crippen LogP) is 4.74. The Balaban J connectivity index is 1.44. The van der Waals surface area contributed by atoms with Crippen LogP contribution in [0.4, 0.5) is 9.18 Å². The number of carbonyl (C=O) groups excluding carboxylic acids is 1. The molecule has 4 rings (SSSR count). The molecule has 2 atom stereocenters. The molecule has 2 aliphatic heterocycles. The molecule has 1 amide bonds. The van der Waals surface area contributed by atoms with Gasteiger partial charge in [-0.15, -0.1) is 0 Å². The third kappa shape index (κ3) is 3.77. The number of hydrogen-bond acceptors (Lipinski definition) is 3. The summed E-state index contributed by atoms with van der Waals surface area (Å²) in [6, 6.07) is 16.1. The molecule has 0 N–H and O–H groups in total. The van der Waals surface area contributed by atoms with Crippen LogP contribution < -0.4 is 0 Å². The summed E-state index contributed by atoms with van der Waals surface area (Å²) in [5.41, 5.74) is 3.32. The molecule has 142 valence electrons. The van der Waals surface area contributed by atoms with E-state index in [1.165, 1.54) is 18.2 Å². The van der Waals surface area contributed by atoms with Gasteiger partial charge in [0.05, 0.1) is 17.7 Å². The van der Waals surface area contributed by atoms with Crippen LogP contribution in [-0.4, -0.2) is 23.1 Å². The maximum atomic E-state index is 13.6. The van der Waals surface area contributed by atoms with Crippen LogP contribution >= 0.6 is 0 Å². The second-order valence-corrected chi connectivity index (χ2v) is 7.37. The standard InChI is InChI=1S/C23H21FN2O2/c24-20-7-6-18(14-25)19(13-20)10-17-11-21-8-9-22(12-17)26(21)23(27)28-15-16-4-2-1-3-5-16/h1-7,11,13,21-22H,8-10,12,15H2. The van der Waals surface area contributed by atoms with Crippen molar-refractivity contribution in [2.45, 2.75) is 44.4 Å². The fraction of sp³-hybridized carbons (Fsp3) is 0.304. The minimum absolute atomic E-state index is 0.0103. The van der Waals surface area contributed by atoms with E-state index in [1.54, 1.807) is 0 Å². The van der Waals surface area contributed by atoms with Crippen LogP contribution in [0.1, 0.15) is 36.0 Å². The maximum absolute atomic E-state index is 13.6. The lowest BCUT2D eigenvalue weighted by Crippen LogP contribution is -2.43. The number of halogens is 1. The molecule has 2 bridgehead atoms. The average Bonchev–Trinajstić information content (AvgIpc) is 2.98. The van der Waals surface area contributed by atoms with Crippen molar-refractivity contribution in [1.82, 2.24) is 4.90 Å². The highest BCUT2D eigenvalue weighted by Crippen LogP contribution is 2.36. The van der Waals surface area contributed by atoms with Gasteiger partial charge in [0.1, 0.15) is 12.4 Å². The molecule has 2 aliphatic rings. The van der Waals surface area contributed by atoms with Gasteiger partial charge in [0.25, 0.3) is 0 Å². The molecular weight excluding hydrogens is 355 g/mol. The van der Waals surface area contributed by atoms with Crippen molar-refractivity contribution >= 4 is 6.09 Å². The number of ether oxygens (including phenoxy) is 1. The molecule has 2 unspecified atom stereocenters. The minimum atomic E-state index is -0.334. The monoisotopic (exact) mass is 376 g/mol. The lowest BCUT2D eigenvalue weighted by molar-refractivity contribution is 0.0815. The Morgan fingerprint density at radius 1 is 1.21 bits per heavy atom. The van der Waals surface area contributed by atoms with Gasteiger partial charge in [-0.2, -0.15) is 5.26 Å². The van der Waals surface area contributed by atoms with Crippen molar-refractivity contribution in [1.29, 1.82) is 5.26 Å². The molecule has 0 spiro atoms. The van der Waals surface area contributed by atoms with Crippen molar-refractivity contribution in [3.05, 3.63) is 82.7 Å². The Morgan fingerprint density at radius 3 is 2.79 bits per heavy atom. The van der Waals surface area contributed by atoms with E-state index in [0.29, 0.717) is 17.5 Å². The van der Waals surface area contributed by atoms with Gasteiger partial charge in [0.2, 0.25) is 0 Å². The molecule has 0 aliphatic carbocycles. The van der Waals surface area contributed by atoms with Gasteiger partial charge in [-0.1, -0.05) is 42.0 Å². The zero-order chi connectivity index (χ0) is 19.5. The summed E-state index contributed by atoms with van der Waals surface area (Å²) in [7, 11) is 0. The lowest BCUT2D eigenvalue weighted by atomic mass is 9.93. The number of nitrogens with zero attached hydrogens (tertiary/aromatic N) is 2. The first-order chi connectivity index (χ1) is 13.6. The molecule has 1 fully saturated rings. The average molecular weight is 376 g/mol. The smallest absolute Gasteiger partial charge is 0.410 e. The molecule has 1 saturated heterocycles. The molecule has 0 saturated carbocycles. The summed E-state index contributed by atoms with van der Waals surface area (Å²) in [5.74, 6) is -0.334. The van der Waals surface area contributed by atoms with E-state index in [9.17, 15) is 14.4 Å². The van der Waals surface area contributed by atoms with Crippen LogP contribution in [0.5, 0.6) is 0 Å². The molecule has 28 heavy (non-hydrogen) atoms. The van der Waals surface area contributed by atoms with E-state index >= 15 is 0 Å². The van der Waals surface area contributed by atoms with Crippen LogP contribution in [0, 0.1) is 17.1 Å². The first-order valence-corrected chi connectivity index (χ1v) is 9.51. The normalized spacial score (nSPS) is 20.4. The highest BCUT2D eigenvalue weighted by Gasteiger charge is 2.40. The molecular formula is C23H21FN2O2. The topological polar surface area (TPSA) is 53.3 Å². The quantitative estimate of drug-likeness (QED) is 0.724. The predicted molar refractivity (Wildman–Crippen MR) is 103 cm³/mol. The number of amides is 1. The third-order valence-corrected chi connectivity index (χ3v) is 5.49. The fourth-order valence-corrected chi connectivity index (χ4v) is 4.19. The van der Waals surface area contributed by atoms with Crippen molar-refractivity contribution in [2.24, 2.45) is 0 Å². The summed E-state index contributed by atoms with van der Waals surface area (Å²) in [4.78, 5) is 14.5. The van der Waals surface area contributed by atoms with Crippen molar-refractivity contribution in [3.63, 3.8) is 0 Å². The van der Waals surface area contributed by atoms with E-state index in [1.807, 2.05) is 35.2 Å². The molecule has 2 aromatic carbocycles. The van der Waals surface area contributed by atoms with Gasteiger partial charge in [0.15, 0.2) is 0 Å². The Morgan fingerprint density at radius 2 is 2.04 bits per heavy atom. The number of hydrogen-bond donors (Lipinski definition) is 0. The first-order valence-electron chi connectivity index (χ1n) is 9.51. The van der Waals surface area contributed by atoms with E-state index in [2.05, 4.69) is 12.1 Å². The van der Waals surface area contributed by atoms with Crippen molar-refractivity contribution in [3.8, 4) is 6.07 Å². The van der Waals surface area contributed by atoms with E-state index < -0.39 is 0 Å². The van der Waals surface area contributed by atoms with E-state index in [4.69, 9.17) is 4.74 Å². The summed E-state index contributed by atoms with van der Waals surface area (Å²) < 4.78 is 19.1. The summed E-state index contributed by atoms with van der Waals surface area (Å²) in [6.45, 7) is 0.265. The second-order valence-electron chi connectivity index (χ2n) is 7.37. The highest BCUT2D eigenvalue weighted by molar-refractivity contribution is 5.70. The van der Waals surface area contributed by atoms with Crippen LogP contribution in [0.15, 0.2) is 60.2 Å². The van der Waals surface area contributed by atoms with E-state index in [-0.39, 0.29) is 30.6 Å². The van der Waals surface area contributed by atoms with Crippen LogP contribution in [0.2, 0.25) is 0 Å². The van der Waals surface area contributed by atoms with Gasteiger partial charge in [0, 0.05) is 6.04 Å². The van der Waals surface area contributed by atoms with Crippen LogP contribution in [0.25, 0.3) is 0 Å². The number of carbonyl (C=O) groups is 1. The van der Waals surface area contributed by atoms with Gasteiger partial charge in [-0.25, -0.2) is 9.18 Å². The van der Waals surface area contributed by atoms with Crippen molar-refractivity contribution < 1.29 is 13.9 Å². The molecule has 2 heterocycles. The summed E-state index contributed by atoms with van der Waals surface area (Å²) >= 11 is 0. The number of fused-ring (bicyclic) bond motifs is 2. The number of benzene rings is 2. The zero-order valence-corrected chi connectivity index (χ0v) is 15.5. The SMILES string of the molecule is N#Cc1ccc(F)cc1CC1=CC2CCC(C1)N2C(=O)OCc1ccccc1. The largest absolute Gasteiger partial charge is 0.445 e. The van der Waals surface area contributed by atoms with E-state index in [0.717, 1.165) is 30.4 Å². The molecule has 0 radical (unpaired) electrons. The second kappa shape index (κ2) is 7.85. The fourth-order valence-electron chi connectivity index (χ4n) is 4.19. The number of nitriles is 1. The van der Waals surface area contributed by atoms with Gasteiger partial charge >= 0.3 is 6.09 Å². The molecule has 0 aromatic heterocycles. The Labute approximate surface area is 163 Å². The zero-order valence-electron chi connectivity index (χ0n) is 15.5. The summed E-state index contributed by atoms with van der Waals surface area (Å²) in [6.07, 6.45) is 4.93. The number of rotatable bonds is 4. The Bertz CT molecular complexity index is 949. The minimum Gasteiger partial charge on any atom is -0.445 e. The summed E-state index contributed by atoms with van der Waals surface area (Å²) in [5, 5.41) is 9.26. The lowest BCUT2D eigenvalue weighted by Gasteiger charge is -2.33. The van der Waals surface area contributed by atoms with Crippen LogP contribution in [-0.2, 0) is 17.8 Å². The van der Waals surface area contributed by atoms with Gasteiger partial charge < -0.3 is 4.74 Å². The maximum Gasteiger partial charge on any atom is 0.410 e. The third-order valence-electron chi connectivity index (χ3n) is 5.49. The molecule has 5 heteroatoms. The Kier molecular flexibility index (Phi) is 5.12. The molecule has 2 aromatic rings. The van der Waals surface area contributed by atoms with Gasteiger partial charge in [-0.05, 0) is 55.0 Å².